The monoisotopic (exact) mass is 187 g/mol. The minimum absolute atomic E-state index is 0.262. The van der Waals surface area contributed by atoms with Crippen molar-refractivity contribution in [2.24, 2.45) is 0 Å². The van der Waals surface area contributed by atoms with E-state index in [4.69, 9.17) is 4.74 Å². The maximum Gasteiger partial charge on any atom is 0.272 e. The van der Waals surface area contributed by atoms with Gasteiger partial charge in [0.05, 0.1) is 0 Å². The van der Waals surface area contributed by atoms with Gasteiger partial charge in [-0.05, 0) is 25.5 Å². The van der Waals surface area contributed by atoms with Gasteiger partial charge in [-0.25, -0.2) is 13.8 Å². The number of hydrogen-bond acceptors (Lipinski definition) is 2. The maximum absolute atomic E-state index is 11.8. The van der Waals surface area contributed by atoms with Gasteiger partial charge < -0.3 is 4.74 Å². The summed E-state index contributed by atoms with van der Waals surface area (Å²) in [5.41, 5.74) is 1.72. The first kappa shape index (κ1) is 9.89. The first-order valence-electron chi connectivity index (χ1n) is 3.94. The number of alkyl halides is 2. The topological polar surface area (TPSA) is 22.1 Å². The van der Waals surface area contributed by atoms with Gasteiger partial charge in [0.15, 0.2) is 6.61 Å². The van der Waals surface area contributed by atoms with Crippen LogP contribution in [0.1, 0.15) is 11.3 Å². The van der Waals surface area contributed by atoms with Crippen LogP contribution in [0.5, 0.6) is 5.88 Å². The number of hydrogen-bond donors (Lipinski definition) is 0. The summed E-state index contributed by atoms with van der Waals surface area (Å²) in [5, 5.41) is 0. The molecule has 1 aromatic rings. The number of nitrogens with zero attached hydrogens (tertiary/aromatic N) is 1. The first-order chi connectivity index (χ1) is 6.08. The van der Waals surface area contributed by atoms with Gasteiger partial charge in [-0.3, -0.25) is 0 Å². The fourth-order valence-corrected chi connectivity index (χ4v) is 1.03. The van der Waals surface area contributed by atoms with Crippen LogP contribution in [0.25, 0.3) is 0 Å². The van der Waals surface area contributed by atoms with E-state index < -0.39 is 13.0 Å². The Kier molecular flexibility index (Phi) is 3.17. The van der Waals surface area contributed by atoms with Crippen LogP contribution in [0.4, 0.5) is 8.78 Å². The zero-order valence-corrected chi connectivity index (χ0v) is 7.55. The summed E-state index contributed by atoms with van der Waals surface area (Å²) in [5.74, 6) is 0.262. The zero-order valence-electron chi connectivity index (χ0n) is 7.55. The van der Waals surface area contributed by atoms with Crippen LogP contribution in [-0.2, 0) is 0 Å². The maximum atomic E-state index is 11.8. The Morgan fingerprint density at radius 2 is 2.08 bits per heavy atom. The van der Waals surface area contributed by atoms with Crippen molar-refractivity contribution in [3.63, 3.8) is 0 Å². The number of aromatic nitrogens is 1. The van der Waals surface area contributed by atoms with E-state index in [0.29, 0.717) is 0 Å². The van der Waals surface area contributed by atoms with Crippen LogP contribution in [0.2, 0.25) is 0 Å². The van der Waals surface area contributed by atoms with Gasteiger partial charge in [0, 0.05) is 11.8 Å². The Morgan fingerprint density at radius 1 is 1.38 bits per heavy atom. The molecule has 0 N–H and O–H groups in total. The van der Waals surface area contributed by atoms with E-state index in [1.807, 2.05) is 13.0 Å². The molecule has 0 aliphatic heterocycles. The minimum atomic E-state index is -2.46. The molecule has 0 atom stereocenters. The molecule has 4 heteroatoms. The van der Waals surface area contributed by atoms with Gasteiger partial charge in [-0.2, -0.15) is 0 Å². The molecule has 0 bridgehead atoms. The summed E-state index contributed by atoms with van der Waals surface area (Å²) in [4.78, 5) is 3.95. The van der Waals surface area contributed by atoms with Gasteiger partial charge in [-0.15, -0.1) is 0 Å². The van der Waals surface area contributed by atoms with Crippen molar-refractivity contribution >= 4 is 0 Å². The minimum Gasteiger partial charge on any atom is -0.472 e. The highest BCUT2D eigenvalue weighted by molar-refractivity contribution is 5.23. The third-order valence-electron chi connectivity index (χ3n) is 1.43. The number of rotatable bonds is 3. The second-order valence-corrected chi connectivity index (χ2v) is 2.83. The van der Waals surface area contributed by atoms with Crippen LogP contribution in [0.15, 0.2) is 12.1 Å². The SMILES string of the molecule is Cc1cc(C)nc(OCC(F)F)c1. The molecule has 0 saturated carbocycles. The van der Waals surface area contributed by atoms with Crippen LogP contribution < -0.4 is 4.74 Å². The van der Waals surface area contributed by atoms with Crippen molar-refractivity contribution in [3.8, 4) is 5.88 Å². The lowest BCUT2D eigenvalue weighted by atomic mass is 10.2. The van der Waals surface area contributed by atoms with Gasteiger partial charge in [-0.1, -0.05) is 0 Å². The highest BCUT2D eigenvalue weighted by Crippen LogP contribution is 2.11. The highest BCUT2D eigenvalue weighted by Gasteiger charge is 2.04. The van der Waals surface area contributed by atoms with E-state index in [1.165, 1.54) is 0 Å². The van der Waals surface area contributed by atoms with E-state index in [1.54, 1.807) is 13.0 Å². The predicted octanol–water partition coefficient (Wildman–Crippen LogP) is 2.34. The van der Waals surface area contributed by atoms with Gasteiger partial charge in [0.25, 0.3) is 6.43 Å². The summed E-state index contributed by atoms with van der Waals surface area (Å²) in [6.07, 6.45) is -2.46. The molecule has 0 unspecified atom stereocenters. The van der Waals surface area contributed by atoms with E-state index in [2.05, 4.69) is 4.98 Å². The van der Waals surface area contributed by atoms with E-state index in [-0.39, 0.29) is 5.88 Å². The van der Waals surface area contributed by atoms with Crippen molar-refractivity contribution in [1.29, 1.82) is 0 Å². The Labute approximate surface area is 75.6 Å². The third-order valence-corrected chi connectivity index (χ3v) is 1.43. The van der Waals surface area contributed by atoms with Crippen LogP contribution in [-0.4, -0.2) is 18.0 Å². The molecule has 0 aromatic carbocycles. The summed E-state index contributed by atoms with van der Waals surface area (Å²) >= 11 is 0. The normalized spacial score (nSPS) is 10.5. The molecular formula is C9H11F2NO. The van der Waals surface area contributed by atoms with Gasteiger partial charge in [0.2, 0.25) is 5.88 Å². The molecule has 0 saturated heterocycles. The average molecular weight is 187 g/mol. The third kappa shape index (κ3) is 3.36. The summed E-state index contributed by atoms with van der Waals surface area (Å²) in [7, 11) is 0. The summed E-state index contributed by atoms with van der Waals surface area (Å²) in [6.45, 7) is 3.06. The number of halogens is 2. The largest absolute Gasteiger partial charge is 0.472 e. The number of pyridine rings is 1. The first-order valence-corrected chi connectivity index (χ1v) is 3.94. The van der Waals surface area contributed by atoms with Gasteiger partial charge >= 0.3 is 0 Å². The van der Waals surface area contributed by atoms with Crippen LogP contribution >= 0.6 is 0 Å². The lowest BCUT2D eigenvalue weighted by Crippen LogP contribution is -2.08. The summed E-state index contributed by atoms with van der Waals surface area (Å²) < 4.78 is 28.3. The molecule has 0 aliphatic rings. The van der Waals surface area contributed by atoms with E-state index >= 15 is 0 Å². The van der Waals surface area contributed by atoms with Crippen molar-refractivity contribution < 1.29 is 13.5 Å². The van der Waals surface area contributed by atoms with Crippen molar-refractivity contribution in [3.05, 3.63) is 23.4 Å². The van der Waals surface area contributed by atoms with Gasteiger partial charge in [0.1, 0.15) is 0 Å². The van der Waals surface area contributed by atoms with Crippen molar-refractivity contribution in [2.75, 3.05) is 6.61 Å². The fraction of sp³-hybridized carbons (Fsp3) is 0.444. The Morgan fingerprint density at radius 3 is 2.62 bits per heavy atom. The number of ether oxygens (including phenoxy) is 1. The number of aryl methyl sites for hydroxylation is 2. The smallest absolute Gasteiger partial charge is 0.272 e. The van der Waals surface area contributed by atoms with Crippen LogP contribution in [0.3, 0.4) is 0 Å². The average Bonchev–Trinajstić information content (AvgIpc) is 1.99. The standard InChI is InChI=1S/C9H11F2NO/c1-6-3-7(2)12-9(4-6)13-5-8(10)11/h3-4,8H,5H2,1-2H3. The molecule has 0 fully saturated rings. The molecule has 0 radical (unpaired) electrons. The molecule has 1 rings (SSSR count). The molecule has 13 heavy (non-hydrogen) atoms. The molecule has 2 nitrogen and oxygen atoms in total. The van der Waals surface area contributed by atoms with E-state index in [9.17, 15) is 8.78 Å². The fourth-order valence-electron chi connectivity index (χ4n) is 1.03. The van der Waals surface area contributed by atoms with Crippen molar-refractivity contribution in [1.82, 2.24) is 4.98 Å². The second-order valence-electron chi connectivity index (χ2n) is 2.83. The lowest BCUT2D eigenvalue weighted by Gasteiger charge is -2.05. The Balaban J connectivity index is 2.66. The molecule has 0 spiro atoms. The predicted molar refractivity (Wildman–Crippen MR) is 45.2 cm³/mol. The summed E-state index contributed by atoms with van der Waals surface area (Å²) in [6, 6.07) is 3.49. The molecular weight excluding hydrogens is 176 g/mol. The lowest BCUT2D eigenvalue weighted by molar-refractivity contribution is 0.0795. The Hall–Kier alpha value is -1.19. The molecule has 1 heterocycles. The molecule has 72 valence electrons. The van der Waals surface area contributed by atoms with E-state index in [0.717, 1.165) is 11.3 Å². The molecule has 1 aromatic heterocycles. The van der Waals surface area contributed by atoms with Crippen molar-refractivity contribution in [2.45, 2.75) is 20.3 Å². The highest BCUT2D eigenvalue weighted by atomic mass is 19.3. The molecule has 0 aliphatic carbocycles. The zero-order chi connectivity index (χ0) is 9.84. The molecule has 0 amide bonds. The second kappa shape index (κ2) is 4.16. The Bertz CT molecular complexity index is 269. The van der Waals surface area contributed by atoms with Crippen LogP contribution in [0, 0.1) is 13.8 Å². The quantitative estimate of drug-likeness (QED) is 0.724.